The van der Waals surface area contributed by atoms with E-state index in [0.29, 0.717) is 16.4 Å². The molecule has 0 aliphatic heterocycles. The maximum atomic E-state index is 12.5. The van der Waals surface area contributed by atoms with Crippen LogP contribution in [-0.2, 0) is 0 Å². The summed E-state index contributed by atoms with van der Waals surface area (Å²) in [5.41, 5.74) is 4.06. The minimum Gasteiger partial charge on any atom is -0.269 e. The summed E-state index contributed by atoms with van der Waals surface area (Å²) in [7, 11) is 0. The molecule has 0 radical (unpaired) electrons. The van der Waals surface area contributed by atoms with Crippen LogP contribution in [0.15, 0.2) is 83.8 Å². The molecule has 0 fully saturated rings. The Morgan fingerprint density at radius 2 is 1.50 bits per heavy atom. The smallest absolute Gasteiger partial charge is 0.258 e. The van der Waals surface area contributed by atoms with E-state index in [2.05, 4.69) is 4.98 Å². The molecule has 0 amide bonds. The highest BCUT2D eigenvalue weighted by atomic mass is 35.5. The molecule has 4 rings (SSSR count). The lowest BCUT2D eigenvalue weighted by atomic mass is 10.1. The van der Waals surface area contributed by atoms with Crippen molar-refractivity contribution in [2.24, 2.45) is 0 Å². The van der Waals surface area contributed by atoms with Crippen molar-refractivity contribution in [3.8, 4) is 22.4 Å². The second-order valence-corrected chi connectivity index (χ2v) is 5.93. The summed E-state index contributed by atoms with van der Waals surface area (Å²) in [5, 5.41) is 0.656. The van der Waals surface area contributed by atoms with Gasteiger partial charge in [0.05, 0.1) is 5.69 Å². The van der Waals surface area contributed by atoms with Crippen molar-refractivity contribution in [1.29, 1.82) is 0 Å². The normalized spacial score (nSPS) is 10.9. The highest BCUT2D eigenvalue weighted by Crippen LogP contribution is 2.21. The van der Waals surface area contributed by atoms with Gasteiger partial charge in [-0.25, -0.2) is 4.98 Å². The number of aromatic nitrogens is 2. The highest BCUT2D eigenvalue weighted by molar-refractivity contribution is 6.30. The first-order chi connectivity index (χ1) is 11.7. The lowest BCUT2D eigenvalue weighted by molar-refractivity contribution is 1.05. The van der Waals surface area contributed by atoms with E-state index in [1.165, 1.54) is 0 Å². The summed E-state index contributed by atoms with van der Waals surface area (Å²) < 4.78 is 1.57. The molecule has 0 aliphatic carbocycles. The molecule has 4 aromatic rings. The summed E-state index contributed by atoms with van der Waals surface area (Å²) in [5.74, 6) is 0. The van der Waals surface area contributed by atoms with Crippen LogP contribution in [0.25, 0.3) is 28.0 Å². The topological polar surface area (TPSA) is 34.4 Å². The number of halogens is 1. The molecule has 4 heteroatoms. The van der Waals surface area contributed by atoms with Gasteiger partial charge in [-0.3, -0.25) is 9.20 Å². The van der Waals surface area contributed by atoms with Gasteiger partial charge in [-0.2, -0.15) is 0 Å². The zero-order valence-electron chi connectivity index (χ0n) is 12.7. The van der Waals surface area contributed by atoms with Crippen LogP contribution in [-0.4, -0.2) is 9.38 Å². The fourth-order valence-corrected chi connectivity index (χ4v) is 2.80. The van der Waals surface area contributed by atoms with Gasteiger partial charge in [-0.15, -0.1) is 0 Å². The van der Waals surface area contributed by atoms with Crippen LogP contribution in [0.2, 0.25) is 5.02 Å². The zero-order valence-corrected chi connectivity index (χ0v) is 13.4. The van der Waals surface area contributed by atoms with E-state index in [-0.39, 0.29) is 5.56 Å². The molecule has 2 aromatic heterocycles. The second kappa shape index (κ2) is 5.95. The van der Waals surface area contributed by atoms with Gasteiger partial charge in [0.1, 0.15) is 5.65 Å². The van der Waals surface area contributed by atoms with E-state index in [1.54, 1.807) is 22.6 Å². The van der Waals surface area contributed by atoms with Crippen molar-refractivity contribution in [1.82, 2.24) is 9.38 Å². The van der Waals surface area contributed by atoms with E-state index >= 15 is 0 Å². The van der Waals surface area contributed by atoms with Gasteiger partial charge < -0.3 is 0 Å². The predicted octanol–water partition coefficient (Wildman–Crippen LogP) is 4.68. The molecule has 0 N–H and O–H groups in total. The molecule has 0 bridgehead atoms. The molecular formula is C20H13ClN2O. The highest BCUT2D eigenvalue weighted by Gasteiger charge is 2.06. The Bertz CT molecular complexity index is 1070. The Labute approximate surface area is 143 Å². The Morgan fingerprint density at radius 3 is 2.25 bits per heavy atom. The van der Waals surface area contributed by atoms with Crippen LogP contribution >= 0.6 is 11.6 Å². The van der Waals surface area contributed by atoms with Gasteiger partial charge in [-0.05, 0) is 35.4 Å². The summed E-state index contributed by atoms with van der Waals surface area (Å²) >= 11 is 5.91. The van der Waals surface area contributed by atoms with Crippen molar-refractivity contribution < 1.29 is 0 Å². The monoisotopic (exact) mass is 332 g/mol. The fraction of sp³-hybridized carbons (Fsp3) is 0. The van der Waals surface area contributed by atoms with Crippen LogP contribution in [0.5, 0.6) is 0 Å². The SMILES string of the molecule is O=c1cc(-c2ccc(Cl)cc2)nc2ccc(-c3ccccc3)cn12. The average molecular weight is 333 g/mol. The number of fused-ring (bicyclic) bond motifs is 1. The van der Waals surface area contributed by atoms with Gasteiger partial charge in [0.25, 0.3) is 5.56 Å². The van der Waals surface area contributed by atoms with Crippen molar-refractivity contribution in [2.45, 2.75) is 0 Å². The van der Waals surface area contributed by atoms with Crippen LogP contribution in [0.4, 0.5) is 0 Å². The number of pyridine rings is 1. The maximum Gasteiger partial charge on any atom is 0.258 e. The Morgan fingerprint density at radius 1 is 0.792 bits per heavy atom. The lowest BCUT2D eigenvalue weighted by Gasteiger charge is -2.07. The Balaban J connectivity index is 1.85. The largest absolute Gasteiger partial charge is 0.269 e. The number of hydrogen-bond donors (Lipinski definition) is 0. The molecule has 0 saturated heterocycles. The molecule has 116 valence electrons. The molecule has 24 heavy (non-hydrogen) atoms. The van der Waals surface area contributed by atoms with Gasteiger partial charge in [0.2, 0.25) is 0 Å². The Kier molecular flexibility index (Phi) is 3.63. The summed E-state index contributed by atoms with van der Waals surface area (Å²) in [6, 6.07) is 22.6. The Hall–Kier alpha value is -2.91. The lowest BCUT2D eigenvalue weighted by Crippen LogP contribution is -2.14. The molecular weight excluding hydrogens is 320 g/mol. The van der Waals surface area contributed by atoms with E-state index in [9.17, 15) is 4.79 Å². The quantitative estimate of drug-likeness (QED) is 0.534. The van der Waals surface area contributed by atoms with Gasteiger partial charge in [0, 0.05) is 22.8 Å². The van der Waals surface area contributed by atoms with Gasteiger partial charge in [0.15, 0.2) is 0 Å². The molecule has 0 aliphatic rings. The summed E-state index contributed by atoms with van der Waals surface area (Å²) in [4.78, 5) is 17.1. The molecule has 2 aromatic carbocycles. The molecule has 2 heterocycles. The van der Waals surface area contributed by atoms with Crippen molar-refractivity contribution in [3.05, 3.63) is 94.4 Å². The number of benzene rings is 2. The first-order valence-electron chi connectivity index (χ1n) is 7.55. The van der Waals surface area contributed by atoms with Crippen LogP contribution in [0.1, 0.15) is 0 Å². The molecule has 0 unspecified atom stereocenters. The first-order valence-corrected chi connectivity index (χ1v) is 7.93. The van der Waals surface area contributed by atoms with Crippen molar-refractivity contribution >= 4 is 17.2 Å². The van der Waals surface area contributed by atoms with E-state index in [1.807, 2.05) is 60.8 Å². The minimum absolute atomic E-state index is 0.109. The predicted molar refractivity (Wildman–Crippen MR) is 97.3 cm³/mol. The van der Waals surface area contributed by atoms with E-state index < -0.39 is 0 Å². The third-order valence-corrected chi connectivity index (χ3v) is 4.16. The van der Waals surface area contributed by atoms with Gasteiger partial charge >= 0.3 is 0 Å². The zero-order chi connectivity index (χ0) is 16.5. The number of hydrogen-bond acceptors (Lipinski definition) is 2. The minimum atomic E-state index is -0.109. The van der Waals surface area contributed by atoms with Crippen molar-refractivity contribution in [3.63, 3.8) is 0 Å². The second-order valence-electron chi connectivity index (χ2n) is 5.50. The van der Waals surface area contributed by atoms with Crippen LogP contribution < -0.4 is 5.56 Å². The standard InChI is InChI=1S/C20H13ClN2O/c21-17-9-6-15(7-10-17)18-12-20(24)23-13-16(8-11-19(23)22-18)14-4-2-1-3-5-14/h1-13H. The average Bonchev–Trinajstić information content (AvgIpc) is 2.63. The van der Waals surface area contributed by atoms with Gasteiger partial charge in [-0.1, -0.05) is 54.1 Å². The first kappa shape index (κ1) is 14.7. The fourth-order valence-electron chi connectivity index (χ4n) is 2.67. The number of nitrogens with zero attached hydrogens (tertiary/aromatic N) is 2. The molecule has 3 nitrogen and oxygen atoms in total. The molecule has 0 spiro atoms. The van der Waals surface area contributed by atoms with E-state index in [0.717, 1.165) is 16.7 Å². The molecule has 0 atom stereocenters. The third-order valence-electron chi connectivity index (χ3n) is 3.91. The molecule has 0 saturated carbocycles. The van der Waals surface area contributed by atoms with E-state index in [4.69, 9.17) is 11.6 Å². The van der Waals surface area contributed by atoms with Crippen LogP contribution in [0, 0.1) is 0 Å². The summed E-state index contributed by atoms with van der Waals surface area (Å²) in [6.45, 7) is 0. The maximum absolute atomic E-state index is 12.5. The third kappa shape index (κ3) is 2.70. The van der Waals surface area contributed by atoms with Crippen LogP contribution in [0.3, 0.4) is 0 Å². The number of rotatable bonds is 2. The summed E-state index contributed by atoms with van der Waals surface area (Å²) in [6.07, 6.45) is 1.83. The van der Waals surface area contributed by atoms with Crippen molar-refractivity contribution in [2.75, 3.05) is 0 Å².